The van der Waals surface area contributed by atoms with Crippen LogP contribution in [0.4, 0.5) is 0 Å². The average Bonchev–Trinajstić information content (AvgIpc) is 2.87. The lowest BCUT2D eigenvalue weighted by Gasteiger charge is -2.10. The molecule has 0 aliphatic heterocycles. The third-order valence-electron chi connectivity index (χ3n) is 2.71. The number of carbonyl (C=O) groups is 1. The van der Waals surface area contributed by atoms with Crippen LogP contribution in [0.3, 0.4) is 0 Å². The van der Waals surface area contributed by atoms with Gasteiger partial charge in [-0.1, -0.05) is 12.1 Å². The first-order chi connectivity index (χ1) is 8.63. The fraction of sp³-hybridized carbons (Fsp3) is 0.214. The number of hydrogen-bond acceptors (Lipinski definition) is 3. The van der Waals surface area contributed by atoms with Crippen molar-refractivity contribution in [2.75, 3.05) is 0 Å². The standard InChI is InChI=1S/C14H13N3O/c1-10(2)17-9-16-8-13(17)14(18)12-5-3-4-11(6-12)7-15/h3-6,8-10H,1-2H3. The number of benzene rings is 1. The zero-order chi connectivity index (χ0) is 13.1. The molecule has 90 valence electrons. The van der Waals surface area contributed by atoms with Gasteiger partial charge in [-0.25, -0.2) is 4.98 Å². The molecule has 2 aromatic rings. The first-order valence-corrected chi connectivity index (χ1v) is 5.70. The Balaban J connectivity index is 2.42. The highest BCUT2D eigenvalue weighted by Crippen LogP contribution is 2.15. The minimum Gasteiger partial charge on any atom is -0.325 e. The van der Waals surface area contributed by atoms with Gasteiger partial charge in [0, 0.05) is 11.6 Å². The maximum Gasteiger partial charge on any atom is 0.211 e. The topological polar surface area (TPSA) is 58.7 Å². The Hall–Kier alpha value is -2.41. The molecular formula is C14H13N3O. The van der Waals surface area contributed by atoms with Gasteiger partial charge in [0.15, 0.2) is 0 Å². The summed E-state index contributed by atoms with van der Waals surface area (Å²) in [5.74, 6) is -0.113. The van der Waals surface area contributed by atoms with Crippen molar-refractivity contribution < 1.29 is 4.79 Å². The average molecular weight is 239 g/mol. The Morgan fingerprint density at radius 2 is 2.22 bits per heavy atom. The normalized spacial score (nSPS) is 10.3. The van der Waals surface area contributed by atoms with Crippen LogP contribution in [0.5, 0.6) is 0 Å². The van der Waals surface area contributed by atoms with Crippen LogP contribution in [0.1, 0.15) is 41.5 Å². The van der Waals surface area contributed by atoms with Crippen molar-refractivity contribution in [2.45, 2.75) is 19.9 Å². The lowest BCUT2D eigenvalue weighted by Crippen LogP contribution is -2.11. The molecule has 0 aliphatic carbocycles. The number of nitrogens with zero attached hydrogens (tertiary/aromatic N) is 3. The number of aromatic nitrogens is 2. The fourth-order valence-corrected chi connectivity index (χ4v) is 1.77. The van der Waals surface area contributed by atoms with E-state index in [2.05, 4.69) is 4.98 Å². The zero-order valence-corrected chi connectivity index (χ0v) is 10.3. The fourth-order valence-electron chi connectivity index (χ4n) is 1.77. The van der Waals surface area contributed by atoms with Gasteiger partial charge in [-0.15, -0.1) is 0 Å². The van der Waals surface area contributed by atoms with Crippen LogP contribution in [0.25, 0.3) is 0 Å². The van der Waals surface area contributed by atoms with Crippen LogP contribution in [0.2, 0.25) is 0 Å². The molecule has 0 amide bonds. The van der Waals surface area contributed by atoms with E-state index in [0.29, 0.717) is 16.8 Å². The lowest BCUT2D eigenvalue weighted by atomic mass is 10.1. The summed E-state index contributed by atoms with van der Waals surface area (Å²) in [6, 6.07) is 8.90. The van der Waals surface area contributed by atoms with Crippen molar-refractivity contribution >= 4 is 5.78 Å². The van der Waals surface area contributed by atoms with E-state index in [-0.39, 0.29) is 11.8 Å². The van der Waals surface area contributed by atoms with E-state index >= 15 is 0 Å². The Labute approximate surface area is 106 Å². The summed E-state index contributed by atoms with van der Waals surface area (Å²) < 4.78 is 1.82. The number of ketones is 1. The predicted molar refractivity (Wildman–Crippen MR) is 67.2 cm³/mol. The van der Waals surface area contributed by atoms with Gasteiger partial charge in [0.05, 0.1) is 24.2 Å². The van der Waals surface area contributed by atoms with Crippen LogP contribution in [0.15, 0.2) is 36.8 Å². The summed E-state index contributed by atoms with van der Waals surface area (Å²) in [6.45, 7) is 3.98. The molecule has 0 unspecified atom stereocenters. The molecule has 18 heavy (non-hydrogen) atoms. The number of hydrogen-bond donors (Lipinski definition) is 0. The second kappa shape index (κ2) is 4.84. The number of nitriles is 1. The van der Waals surface area contributed by atoms with Gasteiger partial charge in [0.25, 0.3) is 0 Å². The molecule has 0 radical (unpaired) electrons. The van der Waals surface area contributed by atoms with Crippen molar-refractivity contribution in [3.63, 3.8) is 0 Å². The molecule has 0 bridgehead atoms. The van der Waals surface area contributed by atoms with Crippen molar-refractivity contribution in [1.29, 1.82) is 5.26 Å². The minimum atomic E-state index is -0.113. The van der Waals surface area contributed by atoms with Crippen molar-refractivity contribution in [3.05, 3.63) is 53.6 Å². The molecule has 0 spiro atoms. The van der Waals surface area contributed by atoms with Gasteiger partial charge in [-0.2, -0.15) is 5.26 Å². The highest BCUT2D eigenvalue weighted by molar-refractivity contribution is 6.08. The SMILES string of the molecule is CC(C)n1cncc1C(=O)c1cccc(C#N)c1. The molecule has 1 aromatic carbocycles. The molecule has 1 heterocycles. The molecule has 4 nitrogen and oxygen atoms in total. The van der Waals surface area contributed by atoms with Gasteiger partial charge < -0.3 is 4.57 Å². The van der Waals surface area contributed by atoms with E-state index in [4.69, 9.17) is 5.26 Å². The highest BCUT2D eigenvalue weighted by Gasteiger charge is 2.15. The molecule has 1 aromatic heterocycles. The highest BCUT2D eigenvalue weighted by atomic mass is 16.1. The van der Waals surface area contributed by atoms with Gasteiger partial charge in [-0.3, -0.25) is 4.79 Å². The maximum absolute atomic E-state index is 12.3. The van der Waals surface area contributed by atoms with E-state index < -0.39 is 0 Å². The number of rotatable bonds is 3. The van der Waals surface area contributed by atoms with Crippen LogP contribution in [-0.4, -0.2) is 15.3 Å². The van der Waals surface area contributed by atoms with E-state index in [1.54, 1.807) is 36.8 Å². The number of carbonyl (C=O) groups excluding carboxylic acids is 1. The summed E-state index contributed by atoms with van der Waals surface area (Å²) >= 11 is 0. The van der Waals surface area contributed by atoms with Crippen LogP contribution in [0, 0.1) is 11.3 Å². The molecule has 0 aliphatic rings. The van der Waals surface area contributed by atoms with Crippen LogP contribution in [-0.2, 0) is 0 Å². The Morgan fingerprint density at radius 1 is 1.44 bits per heavy atom. The molecule has 4 heteroatoms. The van der Waals surface area contributed by atoms with E-state index in [1.165, 1.54) is 0 Å². The van der Waals surface area contributed by atoms with E-state index in [0.717, 1.165) is 0 Å². The molecule has 0 N–H and O–H groups in total. The Kier molecular flexibility index (Phi) is 3.24. The van der Waals surface area contributed by atoms with E-state index in [9.17, 15) is 4.79 Å². The number of imidazole rings is 1. The van der Waals surface area contributed by atoms with Gasteiger partial charge in [-0.05, 0) is 26.0 Å². The third-order valence-corrected chi connectivity index (χ3v) is 2.71. The van der Waals surface area contributed by atoms with Crippen molar-refractivity contribution in [1.82, 2.24) is 9.55 Å². The summed E-state index contributed by atoms with van der Waals surface area (Å²) in [6.07, 6.45) is 3.20. The monoisotopic (exact) mass is 239 g/mol. The first kappa shape index (κ1) is 12.1. The zero-order valence-electron chi connectivity index (χ0n) is 10.3. The second-order valence-corrected chi connectivity index (χ2v) is 4.30. The van der Waals surface area contributed by atoms with E-state index in [1.807, 2.05) is 24.5 Å². The minimum absolute atomic E-state index is 0.113. The molecule has 0 saturated heterocycles. The molecule has 2 rings (SSSR count). The summed E-state index contributed by atoms with van der Waals surface area (Å²) in [7, 11) is 0. The molecular weight excluding hydrogens is 226 g/mol. The van der Waals surface area contributed by atoms with Crippen LogP contribution < -0.4 is 0 Å². The maximum atomic E-state index is 12.3. The Morgan fingerprint density at radius 3 is 2.89 bits per heavy atom. The molecule has 0 atom stereocenters. The molecule has 0 saturated carbocycles. The summed E-state index contributed by atoms with van der Waals surface area (Å²) in [5.41, 5.74) is 1.54. The smallest absolute Gasteiger partial charge is 0.211 e. The molecule has 0 fully saturated rings. The van der Waals surface area contributed by atoms with Crippen molar-refractivity contribution in [3.8, 4) is 6.07 Å². The first-order valence-electron chi connectivity index (χ1n) is 5.70. The van der Waals surface area contributed by atoms with Crippen LogP contribution >= 0.6 is 0 Å². The van der Waals surface area contributed by atoms with Crippen molar-refractivity contribution in [2.24, 2.45) is 0 Å². The second-order valence-electron chi connectivity index (χ2n) is 4.30. The summed E-state index contributed by atoms with van der Waals surface area (Å²) in [5, 5.41) is 8.84. The quantitative estimate of drug-likeness (QED) is 0.773. The third kappa shape index (κ3) is 2.16. The van der Waals surface area contributed by atoms with Gasteiger partial charge in [0.2, 0.25) is 5.78 Å². The van der Waals surface area contributed by atoms with Gasteiger partial charge in [0.1, 0.15) is 5.69 Å². The largest absolute Gasteiger partial charge is 0.325 e. The predicted octanol–water partition coefficient (Wildman–Crippen LogP) is 2.57. The summed E-state index contributed by atoms with van der Waals surface area (Å²) in [4.78, 5) is 16.3. The lowest BCUT2D eigenvalue weighted by molar-refractivity contribution is 0.102. The van der Waals surface area contributed by atoms with Gasteiger partial charge >= 0.3 is 0 Å². The Bertz CT molecular complexity index is 620.